The van der Waals surface area contributed by atoms with Gasteiger partial charge in [0, 0.05) is 62.0 Å². The van der Waals surface area contributed by atoms with Gasteiger partial charge in [-0.3, -0.25) is 9.59 Å². The number of carbonyl (C=O) groups is 4. The zero-order valence-electron chi connectivity index (χ0n) is 28.6. The molecule has 1 unspecified atom stereocenters. The number of carboxylic acids is 1. The fraction of sp³-hybridized carbons (Fsp3) is 0.425. The third kappa shape index (κ3) is 5.83. The molecule has 9 nitrogen and oxygen atoms in total. The van der Waals surface area contributed by atoms with Crippen LogP contribution in [-0.2, 0) is 37.5 Å². The Balaban J connectivity index is 1.32. The van der Waals surface area contributed by atoms with Gasteiger partial charge in [-0.25, -0.2) is 14.2 Å². The molecule has 0 spiro atoms. The molecule has 2 amide bonds. The lowest BCUT2D eigenvalue weighted by Crippen LogP contribution is -2.43. The second kappa shape index (κ2) is 12.9. The van der Waals surface area contributed by atoms with Crippen molar-refractivity contribution in [3.8, 4) is 0 Å². The number of benzene rings is 3. The Bertz CT molecular complexity index is 2020. The van der Waals surface area contributed by atoms with Crippen LogP contribution < -0.4 is 20.1 Å². The van der Waals surface area contributed by atoms with Crippen LogP contribution in [0.15, 0.2) is 48.5 Å². The standard InChI is InChI=1S/C40H43N3O6/c1-40(18-8-4-5-15-37(46)49-43-35(44)16-17-36(43)45)31-23-33-25(11-9-19-41(33)2)21-29(31)38(27-13-6-7-14-28(27)39(47)48)30-22-26-12-10-20-42(3)34(26)24-32(30)40/h6-7,13-14,21-24H,4-5,8-12,15-20H2,1-3H3/p+1. The third-order valence-electron chi connectivity index (χ3n) is 11.1. The Kier molecular flexibility index (Phi) is 8.63. The summed E-state index contributed by atoms with van der Waals surface area (Å²) in [7, 11) is 4.30. The zero-order valence-corrected chi connectivity index (χ0v) is 28.6. The molecule has 1 N–H and O–H groups in total. The molecule has 1 fully saturated rings. The van der Waals surface area contributed by atoms with Gasteiger partial charge in [0.15, 0.2) is 0 Å². The van der Waals surface area contributed by atoms with E-state index in [1.165, 1.54) is 33.3 Å². The third-order valence-corrected chi connectivity index (χ3v) is 11.1. The number of nitrogens with zero attached hydrogens (tertiary/aromatic N) is 3. The molecule has 3 aromatic rings. The Morgan fingerprint density at radius 2 is 1.65 bits per heavy atom. The molecule has 1 atom stereocenters. The van der Waals surface area contributed by atoms with E-state index in [1.54, 1.807) is 12.1 Å². The van der Waals surface area contributed by atoms with Gasteiger partial charge in [0.2, 0.25) is 5.36 Å². The normalized spacial score (nSPS) is 19.7. The summed E-state index contributed by atoms with van der Waals surface area (Å²) < 4.78 is 2.34. The van der Waals surface area contributed by atoms with Crippen LogP contribution >= 0.6 is 0 Å². The molecule has 0 bridgehead atoms. The van der Waals surface area contributed by atoms with Crippen LogP contribution in [0.4, 0.5) is 5.69 Å². The first-order valence-electron chi connectivity index (χ1n) is 17.6. The van der Waals surface area contributed by atoms with Crippen molar-refractivity contribution in [1.82, 2.24) is 9.64 Å². The highest BCUT2D eigenvalue weighted by Gasteiger charge is 2.40. The van der Waals surface area contributed by atoms with E-state index in [0.29, 0.717) is 17.0 Å². The van der Waals surface area contributed by atoms with Crippen molar-refractivity contribution in [2.75, 3.05) is 32.1 Å². The highest BCUT2D eigenvalue weighted by Crippen LogP contribution is 2.47. The van der Waals surface area contributed by atoms with E-state index >= 15 is 0 Å². The van der Waals surface area contributed by atoms with Gasteiger partial charge in [-0.1, -0.05) is 38.0 Å². The number of hydrogen-bond acceptors (Lipinski definition) is 6. The van der Waals surface area contributed by atoms with Gasteiger partial charge in [0.1, 0.15) is 13.6 Å². The molecule has 9 heteroatoms. The summed E-state index contributed by atoms with van der Waals surface area (Å²) >= 11 is 0. The molecule has 3 heterocycles. The lowest BCUT2D eigenvalue weighted by Gasteiger charge is -2.40. The van der Waals surface area contributed by atoms with Crippen molar-refractivity contribution < 1.29 is 29.1 Å². The largest absolute Gasteiger partial charge is 0.478 e. The molecule has 0 aromatic heterocycles. The van der Waals surface area contributed by atoms with Crippen LogP contribution in [0, 0.1) is 0 Å². The van der Waals surface area contributed by atoms with E-state index in [4.69, 9.17) is 4.84 Å². The summed E-state index contributed by atoms with van der Waals surface area (Å²) in [4.78, 5) is 56.4. The Hall–Kier alpha value is -4.79. The molecule has 0 saturated carbocycles. The van der Waals surface area contributed by atoms with E-state index in [-0.39, 0.29) is 24.7 Å². The minimum atomic E-state index is -0.938. The van der Waals surface area contributed by atoms with Crippen LogP contribution in [0.1, 0.15) is 108 Å². The Morgan fingerprint density at radius 1 is 0.898 bits per heavy atom. The van der Waals surface area contributed by atoms with Gasteiger partial charge < -0.3 is 14.8 Å². The quantitative estimate of drug-likeness (QED) is 0.207. The predicted molar refractivity (Wildman–Crippen MR) is 186 cm³/mol. The van der Waals surface area contributed by atoms with Crippen molar-refractivity contribution in [1.29, 1.82) is 0 Å². The van der Waals surface area contributed by atoms with Gasteiger partial charge in [-0.05, 0) is 95.0 Å². The second-order valence-corrected chi connectivity index (χ2v) is 14.3. The molecular weight excluding hydrogens is 618 g/mol. The van der Waals surface area contributed by atoms with E-state index in [2.05, 4.69) is 54.8 Å². The first kappa shape index (κ1) is 32.7. The summed E-state index contributed by atoms with van der Waals surface area (Å²) in [5, 5.41) is 13.3. The van der Waals surface area contributed by atoms with Crippen molar-refractivity contribution >= 4 is 35.0 Å². The van der Waals surface area contributed by atoms with E-state index in [1.807, 2.05) is 12.1 Å². The second-order valence-electron chi connectivity index (χ2n) is 14.3. The zero-order chi connectivity index (χ0) is 34.4. The van der Waals surface area contributed by atoms with Crippen LogP contribution in [0.25, 0.3) is 5.57 Å². The fourth-order valence-electron chi connectivity index (χ4n) is 8.43. The molecule has 7 rings (SSSR count). The van der Waals surface area contributed by atoms with Crippen LogP contribution in [-0.4, -0.2) is 61.1 Å². The van der Waals surface area contributed by atoms with E-state index in [9.17, 15) is 24.3 Å². The van der Waals surface area contributed by atoms with Gasteiger partial charge in [-0.15, -0.1) is 5.06 Å². The average molecular weight is 663 g/mol. The molecule has 1 aliphatic carbocycles. The van der Waals surface area contributed by atoms with Crippen molar-refractivity contribution in [3.05, 3.63) is 98.1 Å². The molecular formula is C40H44N3O6+. The summed E-state index contributed by atoms with van der Waals surface area (Å²) in [5.41, 5.74) is 8.94. The number of rotatable bonds is 9. The number of imide groups is 1. The van der Waals surface area contributed by atoms with Gasteiger partial charge >= 0.3 is 11.9 Å². The number of carbonyl (C=O) groups excluding carboxylic acids is 3. The van der Waals surface area contributed by atoms with Gasteiger partial charge in [0.25, 0.3) is 11.8 Å². The number of unbranched alkanes of at least 4 members (excludes halogenated alkanes) is 2. The number of aromatic carboxylic acids is 1. The first-order chi connectivity index (χ1) is 23.6. The molecule has 49 heavy (non-hydrogen) atoms. The van der Waals surface area contributed by atoms with E-state index < -0.39 is 23.8 Å². The Morgan fingerprint density at radius 3 is 2.43 bits per heavy atom. The highest BCUT2D eigenvalue weighted by atomic mass is 16.7. The van der Waals surface area contributed by atoms with Crippen molar-refractivity contribution in [2.45, 2.75) is 83.0 Å². The highest BCUT2D eigenvalue weighted by molar-refractivity contribution is 6.01. The maximum atomic E-state index is 12.7. The van der Waals surface area contributed by atoms with Crippen molar-refractivity contribution in [2.24, 2.45) is 0 Å². The predicted octanol–water partition coefficient (Wildman–Crippen LogP) is 4.26. The summed E-state index contributed by atoms with van der Waals surface area (Å²) in [5.74, 6) is -2.44. The maximum Gasteiger partial charge on any atom is 0.336 e. The molecule has 254 valence electrons. The fourth-order valence-corrected chi connectivity index (χ4v) is 8.43. The summed E-state index contributed by atoms with van der Waals surface area (Å²) in [6, 6.07) is 16.8. The lowest BCUT2D eigenvalue weighted by molar-refractivity contribution is -0.197. The van der Waals surface area contributed by atoms with Crippen LogP contribution in [0.3, 0.4) is 0 Å². The smallest absolute Gasteiger partial charge is 0.336 e. The molecule has 3 aromatic carbocycles. The van der Waals surface area contributed by atoms with Gasteiger partial charge in [0.05, 0.1) is 5.56 Å². The number of hydroxylamine groups is 2. The summed E-state index contributed by atoms with van der Waals surface area (Å²) in [6.07, 6.45) is 7.38. The van der Waals surface area contributed by atoms with Crippen molar-refractivity contribution in [3.63, 3.8) is 0 Å². The minimum Gasteiger partial charge on any atom is -0.478 e. The maximum absolute atomic E-state index is 12.7. The Labute approximate surface area is 286 Å². The SMILES string of the molecule is CN1CCCc2cc3c(cc21)C(C)(CCCCCC(=O)ON1C(=O)CCC1=O)c1cc2c(cc1=C3c1ccccc1C(=O)O)CCC[N+]=2C. The minimum absolute atomic E-state index is 0.0761. The number of aryl methyl sites for hydroxylation is 2. The van der Waals surface area contributed by atoms with Crippen LogP contribution in [0.5, 0.6) is 0 Å². The number of anilines is 1. The van der Waals surface area contributed by atoms with Crippen LogP contribution in [0.2, 0.25) is 0 Å². The lowest BCUT2D eigenvalue weighted by atomic mass is 9.64. The monoisotopic (exact) mass is 662 g/mol. The average Bonchev–Trinajstić information content (AvgIpc) is 3.40. The topological polar surface area (TPSA) is 107 Å². The van der Waals surface area contributed by atoms with Gasteiger partial charge in [-0.2, -0.15) is 0 Å². The number of amides is 2. The molecule has 3 aliphatic heterocycles. The number of fused-ring (bicyclic) bond motifs is 4. The van der Waals surface area contributed by atoms with E-state index in [0.717, 1.165) is 80.0 Å². The summed E-state index contributed by atoms with van der Waals surface area (Å²) in [6.45, 7) is 4.30. The molecule has 4 aliphatic rings. The number of carboxylic acid groups (broad SMARTS) is 1. The number of hydrogen-bond donors (Lipinski definition) is 1. The first-order valence-corrected chi connectivity index (χ1v) is 17.6. The molecule has 1 saturated heterocycles. The molecule has 0 radical (unpaired) electrons.